The molecule has 2 fully saturated rings. The minimum Gasteiger partial charge on any atom is -0.476 e. The number of β-amino-alcohol motifs (C(OH)–C–C–N with tert-alkyl or cyclic N) is 1. The van der Waals surface area contributed by atoms with Gasteiger partial charge in [-0.2, -0.15) is 5.26 Å². The van der Waals surface area contributed by atoms with Gasteiger partial charge in [-0.05, 0) is 100 Å². The third kappa shape index (κ3) is 10.6. The van der Waals surface area contributed by atoms with Crippen LogP contribution in [-0.4, -0.2) is 111 Å². The predicted molar refractivity (Wildman–Crippen MR) is 246 cm³/mol. The second-order valence-electron chi connectivity index (χ2n) is 17.9. The molecule has 346 valence electrons. The summed E-state index contributed by atoms with van der Waals surface area (Å²) in [5, 5.41) is 38.7. The van der Waals surface area contributed by atoms with Gasteiger partial charge in [0.25, 0.3) is 5.88 Å². The Morgan fingerprint density at radius 1 is 1.14 bits per heavy atom. The Balaban J connectivity index is 0.868. The van der Waals surface area contributed by atoms with E-state index in [1.807, 2.05) is 20.8 Å². The Bertz CT molecular complexity index is 2400. The van der Waals surface area contributed by atoms with Crippen LogP contribution in [0.15, 0.2) is 47.1 Å². The quantitative estimate of drug-likeness (QED) is 0.0558. The maximum Gasteiger partial charge on any atom is 0.254 e. The van der Waals surface area contributed by atoms with E-state index in [0.29, 0.717) is 46.7 Å². The first-order valence-electron chi connectivity index (χ1n) is 22.4. The molecular weight excluding hydrogens is 849 g/mol. The summed E-state index contributed by atoms with van der Waals surface area (Å²) in [5.41, 5.74) is 14.5. The van der Waals surface area contributed by atoms with Gasteiger partial charge in [0, 0.05) is 61.3 Å². The van der Waals surface area contributed by atoms with Crippen molar-refractivity contribution in [1.82, 2.24) is 35.6 Å². The first-order valence-corrected chi connectivity index (χ1v) is 23.2. The van der Waals surface area contributed by atoms with Gasteiger partial charge in [0.2, 0.25) is 23.7 Å². The fourth-order valence-electron chi connectivity index (χ4n) is 9.26. The highest BCUT2D eigenvalue weighted by Crippen LogP contribution is 2.47. The number of aliphatic hydroxyl groups is 1. The first kappa shape index (κ1) is 46.9. The van der Waals surface area contributed by atoms with E-state index in [1.165, 1.54) is 16.2 Å². The summed E-state index contributed by atoms with van der Waals surface area (Å²) >= 11 is 1.44. The lowest BCUT2D eigenvalue weighted by Gasteiger charge is -2.33. The van der Waals surface area contributed by atoms with Crippen LogP contribution in [-0.2, 0) is 32.8 Å². The van der Waals surface area contributed by atoms with E-state index >= 15 is 0 Å². The number of aromatic nitrogens is 3. The fraction of sp³-hybridized carbons (Fsp3) is 0.522. The van der Waals surface area contributed by atoms with Gasteiger partial charge in [-0.3, -0.25) is 19.8 Å². The topological polar surface area (TPSA) is 266 Å². The number of nitriles is 1. The summed E-state index contributed by atoms with van der Waals surface area (Å²) < 4.78 is 11.6. The summed E-state index contributed by atoms with van der Waals surface area (Å²) in [6.07, 6.45) is 5.71. The van der Waals surface area contributed by atoms with Crippen LogP contribution in [0.1, 0.15) is 105 Å². The summed E-state index contributed by atoms with van der Waals surface area (Å²) in [6.45, 7) is 11.7. The highest BCUT2D eigenvalue weighted by molar-refractivity contribution is 7.16. The minimum atomic E-state index is -0.897. The molecule has 7 rings (SSSR count). The lowest BCUT2D eigenvalue weighted by Crippen LogP contribution is -2.48. The number of amidine groups is 1. The van der Waals surface area contributed by atoms with Gasteiger partial charge in [-0.1, -0.05) is 26.0 Å². The molecule has 0 bridgehead atoms. The van der Waals surface area contributed by atoms with E-state index in [9.17, 15) is 19.5 Å². The third-order valence-electron chi connectivity index (χ3n) is 12.8. The molecule has 0 saturated carbocycles. The van der Waals surface area contributed by atoms with Gasteiger partial charge < -0.3 is 51.2 Å². The van der Waals surface area contributed by atoms with Gasteiger partial charge >= 0.3 is 0 Å². The van der Waals surface area contributed by atoms with E-state index < -0.39 is 23.5 Å². The SMILES string of the molecule is CC(C)C(C(=O)N1C[C@H](O)C[C@H]1C(=O)NCc1ccc(C#N)cc1)c1cc(OCCCCN2CCCN(c3nccc(C(=N)NC(=O)[C@@]4(C)CCCc5sc(N)c(N)c54)n3)[C@@H](C)C2)no1. The number of anilines is 3. The molecule has 0 spiro atoms. The minimum absolute atomic E-state index is 0.0284. The van der Waals surface area contributed by atoms with Crippen LogP contribution >= 0.6 is 11.3 Å². The third-order valence-corrected chi connectivity index (χ3v) is 13.9. The monoisotopic (exact) mass is 908 g/mol. The van der Waals surface area contributed by atoms with Crippen LogP contribution in [0.3, 0.4) is 0 Å². The molecule has 4 aromatic rings. The standard InChI is InChI=1S/C46H60N12O6S/c1-27(2)37(43(61)58-26-31(59)21-33(58)42(60)52-24-30-12-10-29(23-47)11-13-30)34-22-36(55-64-34)63-20-6-5-17-56-18-8-19-57(28(3)25-56)45-51-16-14-32(53-45)40(49)54-44(62)46(4)15-7-9-35-38(46)39(48)41(50)65-35/h10-14,16,22,27-28,31,33,37,59H,5-9,15,17-21,24-26,48,50H2,1-4H3,(H,52,60)(H2,49,54,62)/t28-,31+,33-,37?,46-/m0/s1. The molecule has 8 N–H and O–H groups in total. The Hall–Kier alpha value is -6.10. The molecule has 0 radical (unpaired) electrons. The van der Waals surface area contributed by atoms with Gasteiger partial charge in [0.05, 0.1) is 35.4 Å². The first-order chi connectivity index (χ1) is 31.2. The number of aryl methyl sites for hydroxylation is 1. The number of nitrogens with one attached hydrogen (secondary N) is 3. The van der Waals surface area contributed by atoms with Crippen molar-refractivity contribution in [3.8, 4) is 11.9 Å². The van der Waals surface area contributed by atoms with E-state index in [4.69, 9.17) is 36.4 Å². The van der Waals surface area contributed by atoms with Crippen molar-refractivity contribution in [1.29, 1.82) is 10.7 Å². The van der Waals surface area contributed by atoms with Crippen molar-refractivity contribution in [2.24, 2.45) is 5.92 Å². The normalized spacial score (nSPS) is 21.6. The van der Waals surface area contributed by atoms with Crippen LogP contribution in [0, 0.1) is 22.7 Å². The number of ether oxygens (including phenoxy) is 1. The van der Waals surface area contributed by atoms with Crippen molar-refractivity contribution in [2.45, 2.75) is 109 Å². The molecule has 19 heteroatoms. The maximum atomic E-state index is 14.0. The van der Waals surface area contributed by atoms with Crippen LogP contribution in [0.4, 0.5) is 16.6 Å². The number of likely N-dealkylation sites (tertiary alicyclic amines) is 1. The highest BCUT2D eigenvalue weighted by atomic mass is 32.1. The number of carbonyl (C=O) groups excluding carboxylic acids is 3. The number of nitrogen functional groups attached to an aromatic ring is 2. The van der Waals surface area contributed by atoms with Crippen molar-refractivity contribution >= 4 is 51.5 Å². The second kappa shape index (κ2) is 20.4. The van der Waals surface area contributed by atoms with E-state index in [0.717, 1.165) is 74.3 Å². The van der Waals surface area contributed by atoms with Crippen LogP contribution in [0.2, 0.25) is 0 Å². The molecule has 65 heavy (non-hydrogen) atoms. The molecule has 3 aromatic heterocycles. The van der Waals surface area contributed by atoms with Crippen molar-refractivity contribution in [3.05, 3.63) is 75.6 Å². The summed E-state index contributed by atoms with van der Waals surface area (Å²) in [4.78, 5) is 57.3. The lowest BCUT2D eigenvalue weighted by molar-refractivity contribution is -0.141. The smallest absolute Gasteiger partial charge is 0.254 e. The van der Waals surface area contributed by atoms with Gasteiger partial charge in [0.15, 0.2) is 11.6 Å². The van der Waals surface area contributed by atoms with E-state index in [2.05, 4.69) is 43.6 Å². The molecule has 1 aromatic carbocycles. The largest absolute Gasteiger partial charge is 0.476 e. The Labute approximate surface area is 383 Å². The number of fused-ring (bicyclic) bond motifs is 1. The zero-order valence-electron chi connectivity index (χ0n) is 37.5. The molecule has 5 heterocycles. The molecule has 18 nitrogen and oxygen atoms in total. The lowest BCUT2D eigenvalue weighted by atomic mass is 9.72. The van der Waals surface area contributed by atoms with Gasteiger partial charge in [-0.25, -0.2) is 9.97 Å². The molecule has 1 unspecified atom stereocenters. The Morgan fingerprint density at radius 3 is 2.68 bits per heavy atom. The number of nitrogens with two attached hydrogens (primary N) is 2. The summed E-state index contributed by atoms with van der Waals surface area (Å²) in [5.74, 6) is -0.897. The maximum absolute atomic E-state index is 14.0. The number of nitrogens with zero attached hydrogens (tertiary/aromatic N) is 7. The van der Waals surface area contributed by atoms with Gasteiger partial charge in [0.1, 0.15) is 22.7 Å². The van der Waals surface area contributed by atoms with Crippen molar-refractivity contribution in [2.75, 3.05) is 55.7 Å². The van der Waals surface area contributed by atoms with Gasteiger partial charge in [-0.15, -0.1) is 11.3 Å². The Kier molecular flexibility index (Phi) is 14.7. The fourth-order valence-corrected chi connectivity index (χ4v) is 10.4. The van der Waals surface area contributed by atoms with Crippen LogP contribution in [0.5, 0.6) is 5.88 Å². The number of benzene rings is 1. The molecular formula is C46H60N12O6S. The number of carbonyl (C=O) groups is 3. The van der Waals surface area contributed by atoms with Crippen LogP contribution in [0.25, 0.3) is 0 Å². The highest BCUT2D eigenvalue weighted by Gasteiger charge is 2.44. The van der Waals surface area contributed by atoms with Crippen LogP contribution < -0.4 is 31.7 Å². The number of thiophene rings is 1. The van der Waals surface area contributed by atoms with E-state index in [1.54, 1.807) is 42.6 Å². The molecule has 1 aliphatic carbocycles. The molecule has 3 amide bonds. The predicted octanol–water partition coefficient (Wildman–Crippen LogP) is 4.08. The molecule has 5 atom stereocenters. The Morgan fingerprint density at radius 2 is 1.92 bits per heavy atom. The summed E-state index contributed by atoms with van der Waals surface area (Å²) in [7, 11) is 0. The average molecular weight is 909 g/mol. The second-order valence-corrected chi connectivity index (χ2v) is 19.0. The zero-order valence-corrected chi connectivity index (χ0v) is 38.3. The molecule has 2 saturated heterocycles. The number of amides is 3. The number of unbranched alkanes of at least 4 members (excludes halogenated alkanes) is 1. The molecule has 2 aliphatic heterocycles. The zero-order chi connectivity index (χ0) is 46.4. The molecule has 3 aliphatic rings. The number of hydrogen-bond acceptors (Lipinski definition) is 16. The number of aliphatic hydroxyl groups excluding tert-OH is 1. The number of rotatable bonds is 15. The van der Waals surface area contributed by atoms with Crippen molar-refractivity contribution < 1.29 is 28.8 Å². The number of hydrogen-bond donors (Lipinski definition) is 6. The van der Waals surface area contributed by atoms with Crippen molar-refractivity contribution in [3.63, 3.8) is 0 Å². The summed E-state index contributed by atoms with van der Waals surface area (Å²) in [6, 6.07) is 11.5. The average Bonchev–Trinajstić information content (AvgIpc) is 3.96. The van der Waals surface area contributed by atoms with E-state index in [-0.39, 0.29) is 60.9 Å².